The maximum Gasteiger partial charge on any atom is 0.240 e. The molecule has 108 valence electrons. The van der Waals surface area contributed by atoms with Crippen molar-refractivity contribution >= 4 is 23.5 Å². The van der Waals surface area contributed by atoms with Gasteiger partial charge in [0, 0.05) is 16.3 Å². The molecule has 1 saturated heterocycles. The van der Waals surface area contributed by atoms with Crippen LogP contribution in [-0.4, -0.2) is 32.9 Å². The van der Waals surface area contributed by atoms with E-state index < -0.39 is 0 Å². The van der Waals surface area contributed by atoms with Crippen LogP contribution in [-0.2, 0) is 6.54 Å². The van der Waals surface area contributed by atoms with Crippen molar-refractivity contribution in [2.75, 3.05) is 12.3 Å². The first-order valence-electron chi connectivity index (χ1n) is 6.86. The number of hydrogen-bond donors (Lipinski definition) is 1. The molecule has 3 unspecified atom stereocenters. The molecule has 3 atom stereocenters. The molecule has 4 nitrogen and oxygen atoms in total. The fourth-order valence-electron chi connectivity index (χ4n) is 1.86. The van der Waals surface area contributed by atoms with E-state index >= 15 is 0 Å². The SMILES string of the molecule is CC(C)CNCc1nc(C2CSC(C)C(C)S2)no1. The first-order valence-corrected chi connectivity index (χ1v) is 8.85. The number of nitrogens with one attached hydrogen (secondary N) is 1. The van der Waals surface area contributed by atoms with Crippen molar-refractivity contribution < 1.29 is 4.52 Å². The first-order chi connectivity index (χ1) is 9.06. The molecule has 1 fully saturated rings. The van der Waals surface area contributed by atoms with Crippen molar-refractivity contribution in [2.24, 2.45) is 5.92 Å². The number of rotatable bonds is 5. The average Bonchev–Trinajstić information content (AvgIpc) is 2.81. The van der Waals surface area contributed by atoms with Gasteiger partial charge in [0.05, 0.1) is 11.8 Å². The summed E-state index contributed by atoms with van der Waals surface area (Å²) in [5, 5.41) is 9.19. The van der Waals surface area contributed by atoms with Gasteiger partial charge in [-0.1, -0.05) is 32.9 Å². The summed E-state index contributed by atoms with van der Waals surface area (Å²) in [7, 11) is 0. The number of aromatic nitrogens is 2. The molecule has 1 aromatic heterocycles. The van der Waals surface area contributed by atoms with Crippen LogP contribution in [0.4, 0.5) is 0 Å². The summed E-state index contributed by atoms with van der Waals surface area (Å²) in [6, 6.07) is 0. The Hall–Kier alpha value is -0.200. The largest absolute Gasteiger partial charge is 0.338 e. The van der Waals surface area contributed by atoms with Gasteiger partial charge in [0.15, 0.2) is 5.82 Å². The Labute approximate surface area is 123 Å². The number of hydrogen-bond acceptors (Lipinski definition) is 6. The minimum atomic E-state index is 0.374. The van der Waals surface area contributed by atoms with Crippen LogP contribution in [0.5, 0.6) is 0 Å². The lowest BCUT2D eigenvalue weighted by Crippen LogP contribution is -2.22. The average molecular weight is 301 g/mol. The normalized spacial score (nSPS) is 27.9. The predicted octanol–water partition coefficient (Wildman–Crippen LogP) is 3.11. The molecule has 1 aromatic rings. The van der Waals surface area contributed by atoms with Crippen LogP contribution in [0.1, 0.15) is 44.7 Å². The third-order valence-corrected chi connectivity index (χ3v) is 6.54. The molecule has 0 bridgehead atoms. The van der Waals surface area contributed by atoms with Gasteiger partial charge < -0.3 is 9.84 Å². The highest BCUT2D eigenvalue weighted by molar-refractivity contribution is 8.07. The Bertz CT molecular complexity index is 397. The molecule has 0 radical (unpaired) electrons. The summed E-state index contributed by atoms with van der Waals surface area (Å²) in [6.07, 6.45) is 0. The fourth-order valence-corrected chi connectivity index (χ4v) is 4.69. The molecule has 0 saturated carbocycles. The minimum absolute atomic E-state index is 0.374. The van der Waals surface area contributed by atoms with Crippen molar-refractivity contribution in [2.45, 2.75) is 50.0 Å². The zero-order valence-corrected chi connectivity index (χ0v) is 13.7. The lowest BCUT2D eigenvalue weighted by molar-refractivity contribution is 0.359. The second kappa shape index (κ2) is 6.99. The lowest BCUT2D eigenvalue weighted by Gasteiger charge is -2.29. The minimum Gasteiger partial charge on any atom is -0.338 e. The zero-order chi connectivity index (χ0) is 13.8. The van der Waals surface area contributed by atoms with Gasteiger partial charge in [-0.25, -0.2) is 0 Å². The summed E-state index contributed by atoms with van der Waals surface area (Å²) < 4.78 is 5.32. The van der Waals surface area contributed by atoms with Crippen molar-refractivity contribution in [1.29, 1.82) is 0 Å². The third-order valence-electron chi connectivity index (χ3n) is 3.15. The molecule has 0 aliphatic carbocycles. The van der Waals surface area contributed by atoms with E-state index in [1.54, 1.807) is 0 Å². The van der Waals surface area contributed by atoms with Gasteiger partial charge in [-0.3, -0.25) is 0 Å². The Morgan fingerprint density at radius 3 is 2.84 bits per heavy atom. The van der Waals surface area contributed by atoms with Gasteiger partial charge in [0.2, 0.25) is 5.89 Å². The van der Waals surface area contributed by atoms with Crippen LogP contribution in [0.15, 0.2) is 4.52 Å². The Morgan fingerprint density at radius 2 is 2.16 bits per heavy atom. The van der Waals surface area contributed by atoms with Gasteiger partial charge in [-0.05, 0) is 12.5 Å². The molecule has 2 rings (SSSR count). The molecule has 1 aliphatic rings. The molecular weight excluding hydrogens is 278 g/mol. The van der Waals surface area contributed by atoms with Crippen molar-refractivity contribution in [3.63, 3.8) is 0 Å². The standard InChI is InChI=1S/C13H23N3OS2/c1-8(2)5-14-6-12-15-13(16-17-12)11-7-18-9(3)10(4)19-11/h8-11,14H,5-7H2,1-4H3. The van der Waals surface area contributed by atoms with Crippen molar-refractivity contribution in [3.8, 4) is 0 Å². The van der Waals surface area contributed by atoms with E-state index in [1.807, 2.05) is 23.5 Å². The van der Waals surface area contributed by atoms with Gasteiger partial charge in [-0.2, -0.15) is 16.7 Å². The lowest BCUT2D eigenvalue weighted by atomic mass is 10.2. The van der Waals surface area contributed by atoms with E-state index in [1.165, 1.54) is 0 Å². The van der Waals surface area contributed by atoms with Crippen LogP contribution < -0.4 is 5.32 Å². The highest BCUT2D eigenvalue weighted by Gasteiger charge is 2.29. The van der Waals surface area contributed by atoms with Gasteiger partial charge >= 0.3 is 0 Å². The fraction of sp³-hybridized carbons (Fsp3) is 0.846. The summed E-state index contributed by atoms with van der Waals surface area (Å²) in [5.74, 6) is 3.27. The topological polar surface area (TPSA) is 51.0 Å². The maximum atomic E-state index is 5.32. The van der Waals surface area contributed by atoms with Crippen molar-refractivity contribution in [1.82, 2.24) is 15.5 Å². The maximum absolute atomic E-state index is 5.32. The Kier molecular flexibility index (Phi) is 5.59. The smallest absolute Gasteiger partial charge is 0.240 e. The molecule has 1 N–H and O–H groups in total. The molecule has 0 aromatic carbocycles. The second-order valence-corrected chi connectivity index (χ2v) is 8.43. The van der Waals surface area contributed by atoms with E-state index in [2.05, 4.69) is 43.2 Å². The summed E-state index contributed by atoms with van der Waals surface area (Å²) in [5.41, 5.74) is 0. The third kappa shape index (κ3) is 4.39. The molecular formula is C13H23N3OS2. The van der Waals surface area contributed by atoms with E-state index in [0.717, 1.165) is 18.1 Å². The highest BCUT2D eigenvalue weighted by Crippen LogP contribution is 2.43. The summed E-state index contributed by atoms with van der Waals surface area (Å²) in [6.45, 7) is 10.6. The predicted molar refractivity (Wildman–Crippen MR) is 82.6 cm³/mol. The van der Waals surface area contributed by atoms with E-state index in [9.17, 15) is 0 Å². The highest BCUT2D eigenvalue weighted by atomic mass is 32.2. The second-order valence-electron chi connectivity index (χ2n) is 5.44. The number of nitrogens with zero attached hydrogens (tertiary/aromatic N) is 2. The van der Waals surface area contributed by atoms with Gasteiger partial charge in [-0.15, -0.1) is 11.8 Å². The number of thioether (sulfide) groups is 2. The first kappa shape index (κ1) is 15.2. The van der Waals surface area contributed by atoms with Gasteiger partial charge in [0.1, 0.15) is 0 Å². The van der Waals surface area contributed by atoms with E-state index in [4.69, 9.17) is 4.52 Å². The monoisotopic (exact) mass is 301 g/mol. The molecule has 1 aliphatic heterocycles. The molecule has 0 spiro atoms. The van der Waals surface area contributed by atoms with Crippen LogP contribution in [0.2, 0.25) is 0 Å². The Balaban J connectivity index is 1.86. The van der Waals surface area contributed by atoms with Gasteiger partial charge in [0.25, 0.3) is 0 Å². The zero-order valence-electron chi connectivity index (χ0n) is 12.0. The molecule has 6 heteroatoms. The summed E-state index contributed by atoms with van der Waals surface area (Å²) in [4.78, 5) is 4.52. The van der Waals surface area contributed by atoms with Crippen molar-refractivity contribution in [3.05, 3.63) is 11.7 Å². The van der Waals surface area contributed by atoms with E-state index in [0.29, 0.717) is 34.1 Å². The van der Waals surface area contributed by atoms with Crippen LogP contribution in [0.3, 0.4) is 0 Å². The quantitative estimate of drug-likeness (QED) is 0.902. The van der Waals surface area contributed by atoms with Crippen LogP contribution in [0.25, 0.3) is 0 Å². The molecule has 19 heavy (non-hydrogen) atoms. The van der Waals surface area contributed by atoms with Crippen LogP contribution >= 0.6 is 23.5 Å². The van der Waals surface area contributed by atoms with Crippen LogP contribution in [0, 0.1) is 5.92 Å². The van der Waals surface area contributed by atoms with E-state index in [-0.39, 0.29) is 0 Å². The Morgan fingerprint density at radius 1 is 1.37 bits per heavy atom. The molecule has 2 heterocycles. The molecule has 0 amide bonds. The summed E-state index contributed by atoms with van der Waals surface area (Å²) >= 11 is 3.97.